The van der Waals surface area contributed by atoms with Crippen LogP contribution in [-0.4, -0.2) is 26.4 Å². The Labute approximate surface area is 190 Å². The van der Waals surface area contributed by atoms with Gasteiger partial charge in [0.15, 0.2) is 5.16 Å². The highest BCUT2D eigenvalue weighted by Crippen LogP contribution is 2.33. The number of nitrogens with zero attached hydrogens (tertiary/aromatic N) is 3. The van der Waals surface area contributed by atoms with Crippen LogP contribution in [0.1, 0.15) is 54.4 Å². The van der Waals surface area contributed by atoms with Crippen LogP contribution in [0.3, 0.4) is 0 Å². The van der Waals surface area contributed by atoms with Crippen LogP contribution in [0, 0.1) is 6.92 Å². The second-order valence-electron chi connectivity index (χ2n) is 7.57. The number of aromatic nitrogens is 3. The van der Waals surface area contributed by atoms with Crippen molar-refractivity contribution < 1.29 is 4.79 Å². The van der Waals surface area contributed by atoms with Crippen molar-refractivity contribution in [1.29, 1.82) is 0 Å². The molecule has 1 saturated carbocycles. The summed E-state index contributed by atoms with van der Waals surface area (Å²) in [4.78, 5) is 13.9. The monoisotopic (exact) mass is 460 g/mol. The average molecular weight is 461 g/mol. The van der Waals surface area contributed by atoms with Gasteiger partial charge < -0.3 is 9.88 Å². The molecule has 1 amide bonds. The molecular formula is C22H25ClN4OS2. The van der Waals surface area contributed by atoms with E-state index in [0.29, 0.717) is 11.1 Å². The molecule has 1 aliphatic rings. The number of carbonyl (C=O) groups is 1. The standard InChI is InChI=1S/C22H25ClN4OS2/c1-15-18(23)10-5-11-19(15)24-21(28)14-30-22-26-25-20(13-17-9-6-12-29-17)27(22)16-7-3-2-4-8-16/h5-6,9-12,16H,2-4,7-8,13-14H2,1H3,(H,24,28). The lowest BCUT2D eigenvalue weighted by atomic mass is 9.95. The van der Waals surface area contributed by atoms with Gasteiger partial charge in [-0.05, 0) is 48.9 Å². The molecule has 0 spiro atoms. The fourth-order valence-electron chi connectivity index (χ4n) is 3.86. The second-order valence-corrected chi connectivity index (χ2v) is 9.95. The molecule has 1 N–H and O–H groups in total. The van der Waals surface area contributed by atoms with Gasteiger partial charge in [-0.25, -0.2) is 0 Å². The third kappa shape index (κ3) is 5.07. The van der Waals surface area contributed by atoms with Crippen molar-refractivity contribution in [3.63, 3.8) is 0 Å². The van der Waals surface area contributed by atoms with Crippen molar-refractivity contribution in [3.8, 4) is 0 Å². The van der Waals surface area contributed by atoms with E-state index < -0.39 is 0 Å². The zero-order valence-corrected chi connectivity index (χ0v) is 19.3. The van der Waals surface area contributed by atoms with E-state index in [1.165, 1.54) is 35.9 Å². The average Bonchev–Trinajstić information content (AvgIpc) is 3.41. The number of nitrogens with one attached hydrogen (secondary N) is 1. The molecule has 30 heavy (non-hydrogen) atoms. The van der Waals surface area contributed by atoms with Crippen molar-refractivity contribution in [3.05, 3.63) is 57.0 Å². The number of hydrogen-bond acceptors (Lipinski definition) is 5. The van der Waals surface area contributed by atoms with Crippen molar-refractivity contribution in [1.82, 2.24) is 14.8 Å². The Bertz CT molecular complexity index is 997. The van der Waals surface area contributed by atoms with Crippen LogP contribution < -0.4 is 5.32 Å². The molecule has 5 nitrogen and oxygen atoms in total. The third-order valence-electron chi connectivity index (χ3n) is 5.46. The summed E-state index contributed by atoms with van der Waals surface area (Å²) in [6.45, 7) is 1.90. The van der Waals surface area contributed by atoms with Crippen LogP contribution in [0.25, 0.3) is 0 Å². The van der Waals surface area contributed by atoms with Crippen LogP contribution >= 0.6 is 34.7 Å². The van der Waals surface area contributed by atoms with Crippen molar-refractivity contribution in [2.24, 2.45) is 0 Å². The van der Waals surface area contributed by atoms with Gasteiger partial charge in [-0.15, -0.1) is 21.5 Å². The molecule has 1 aliphatic carbocycles. The van der Waals surface area contributed by atoms with E-state index in [9.17, 15) is 4.79 Å². The number of hydrogen-bond donors (Lipinski definition) is 1. The number of amides is 1. The molecule has 2 aromatic heterocycles. The summed E-state index contributed by atoms with van der Waals surface area (Å²) >= 11 is 9.36. The largest absolute Gasteiger partial charge is 0.325 e. The summed E-state index contributed by atoms with van der Waals surface area (Å²) in [5, 5.41) is 15.5. The van der Waals surface area contributed by atoms with Gasteiger partial charge >= 0.3 is 0 Å². The van der Waals surface area contributed by atoms with Crippen LogP contribution in [-0.2, 0) is 11.2 Å². The summed E-state index contributed by atoms with van der Waals surface area (Å²) in [7, 11) is 0. The van der Waals surface area contributed by atoms with Gasteiger partial charge in [-0.2, -0.15) is 0 Å². The number of anilines is 1. The van der Waals surface area contributed by atoms with Crippen molar-refractivity contribution in [2.75, 3.05) is 11.1 Å². The van der Waals surface area contributed by atoms with Crippen LogP contribution in [0.5, 0.6) is 0 Å². The first kappa shape index (κ1) is 21.4. The summed E-state index contributed by atoms with van der Waals surface area (Å²) < 4.78 is 2.29. The van der Waals surface area contributed by atoms with E-state index in [2.05, 4.69) is 37.6 Å². The predicted molar refractivity (Wildman–Crippen MR) is 125 cm³/mol. The molecule has 0 saturated heterocycles. The van der Waals surface area contributed by atoms with Gasteiger partial charge in [0.25, 0.3) is 0 Å². The van der Waals surface area contributed by atoms with E-state index >= 15 is 0 Å². The summed E-state index contributed by atoms with van der Waals surface area (Å²) in [5.41, 5.74) is 1.63. The number of carbonyl (C=O) groups excluding carboxylic acids is 1. The Balaban J connectivity index is 1.48. The number of benzene rings is 1. The maximum atomic E-state index is 12.6. The van der Waals surface area contributed by atoms with E-state index in [0.717, 1.165) is 41.5 Å². The summed E-state index contributed by atoms with van der Waals surface area (Å²) in [6, 6.07) is 10.2. The Hall–Kier alpha value is -1.83. The number of rotatable bonds is 7. The molecule has 8 heteroatoms. The minimum atomic E-state index is -0.0663. The SMILES string of the molecule is Cc1c(Cl)cccc1NC(=O)CSc1nnc(Cc2cccs2)n1C1CCCCC1. The Morgan fingerprint density at radius 3 is 2.83 bits per heavy atom. The van der Waals surface area contributed by atoms with Crippen molar-refractivity contribution >= 4 is 46.3 Å². The number of thiophene rings is 1. The van der Waals surface area contributed by atoms with Gasteiger partial charge in [0, 0.05) is 28.0 Å². The van der Waals surface area contributed by atoms with E-state index in [4.69, 9.17) is 11.6 Å². The molecule has 1 fully saturated rings. The first-order valence-corrected chi connectivity index (χ1v) is 12.5. The van der Waals surface area contributed by atoms with E-state index in [-0.39, 0.29) is 11.7 Å². The first-order valence-electron chi connectivity index (χ1n) is 10.3. The third-order valence-corrected chi connectivity index (χ3v) is 7.69. The van der Waals surface area contributed by atoms with Gasteiger partial charge in [0.1, 0.15) is 5.82 Å². The number of thioether (sulfide) groups is 1. The maximum absolute atomic E-state index is 12.6. The van der Waals surface area contributed by atoms with Gasteiger partial charge in [-0.1, -0.05) is 54.8 Å². The molecule has 3 aromatic rings. The van der Waals surface area contributed by atoms with Crippen molar-refractivity contribution in [2.45, 2.75) is 56.6 Å². The maximum Gasteiger partial charge on any atom is 0.234 e. The van der Waals surface area contributed by atoms with E-state index in [1.807, 2.05) is 25.1 Å². The Morgan fingerprint density at radius 1 is 1.23 bits per heavy atom. The highest BCUT2D eigenvalue weighted by molar-refractivity contribution is 7.99. The topological polar surface area (TPSA) is 59.8 Å². The lowest BCUT2D eigenvalue weighted by Crippen LogP contribution is -2.18. The molecule has 0 aliphatic heterocycles. The molecule has 0 bridgehead atoms. The smallest absolute Gasteiger partial charge is 0.234 e. The lowest BCUT2D eigenvalue weighted by Gasteiger charge is -2.25. The summed E-state index contributed by atoms with van der Waals surface area (Å²) in [5.74, 6) is 1.22. The normalized spacial score (nSPS) is 14.7. The Kier molecular flexibility index (Phi) is 7.12. The predicted octanol–water partition coefficient (Wildman–Crippen LogP) is 6.13. The van der Waals surface area contributed by atoms with Crippen LogP contribution in [0.2, 0.25) is 5.02 Å². The summed E-state index contributed by atoms with van der Waals surface area (Å²) in [6.07, 6.45) is 6.85. The second kappa shape index (κ2) is 9.98. The molecule has 0 unspecified atom stereocenters. The zero-order valence-electron chi connectivity index (χ0n) is 16.9. The molecule has 1 aromatic carbocycles. The highest BCUT2D eigenvalue weighted by atomic mass is 35.5. The molecule has 2 heterocycles. The first-order chi connectivity index (χ1) is 14.6. The lowest BCUT2D eigenvalue weighted by molar-refractivity contribution is -0.113. The van der Waals surface area contributed by atoms with Gasteiger partial charge in [-0.3, -0.25) is 4.79 Å². The quantitative estimate of drug-likeness (QED) is 0.431. The molecule has 0 radical (unpaired) electrons. The van der Waals surface area contributed by atoms with E-state index in [1.54, 1.807) is 11.3 Å². The zero-order chi connectivity index (χ0) is 20.9. The minimum absolute atomic E-state index is 0.0663. The van der Waals surface area contributed by atoms with Gasteiger partial charge in [0.05, 0.1) is 5.75 Å². The number of halogens is 1. The van der Waals surface area contributed by atoms with Gasteiger partial charge in [0.2, 0.25) is 5.91 Å². The van der Waals surface area contributed by atoms with Crippen LogP contribution in [0.4, 0.5) is 5.69 Å². The van der Waals surface area contributed by atoms with Crippen LogP contribution in [0.15, 0.2) is 40.9 Å². The fourth-order valence-corrected chi connectivity index (χ4v) is 5.56. The molecule has 158 valence electrons. The Morgan fingerprint density at radius 2 is 2.07 bits per heavy atom. The minimum Gasteiger partial charge on any atom is -0.325 e. The molecule has 4 rings (SSSR count). The fraction of sp³-hybridized carbons (Fsp3) is 0.409. The highest BCUT2D eigenvalue weighted by Gasteiger charge is 2.24. The molecule has 0 atom stereocenters. The molecular weight excluding hydrogens is 436 g/mol.